The van der Waals surface area contributed by atoms with E-state index >= 15 is 0 Å². The average molecular weight is 270 g/mol. The van der Waals surface area contributed by atoms with E-state index < -0.39 is 0 Å². The van der Waals surface area contributed by atoms with Gasteiger partial charge in [0.2, 0.25) is 11.8 Å². The van der Waals surface area contributed by atoms with E-state index in [-0.39, 0.29) is 30.4 Å². The molecule has 19 heavy (non-hydrogen) atoms. The largest absolute Gasteiger partial charge is 0.375 e. The molecule has 0 bridgehead atoms. The summed E-state index contributed by atoms with van der Waals surface area (Å²) in [5.41, 5.74) is 0. The summed E-state index contributed by atoms with van der Waals surface area (Å²) in [5.74, 6) is 0.312. The number of nitrogens with one attached hydrogen (secondary N) is 1. The Morgan fingerprint density at radius 3 is 2.32 bits per heavy atom. The maximum Gasteiger partial charge on any atom is 0.248 e. The predicted octanol–water partition coefficient (Wildman–Crippen LogP) is 1.18. The zero-order valence-corrected chi connectivity index (χ0v) is 12.3. The number of ether oxygens (including phenoxy) is 1. The normalized spacial score (nSPS) is 16.7. The van der Waals surface area contributed by atoms with Crippen molar-refractivity contribution in [2.24, 2.45) is 5.92 Å². The van der Waals surface area contributed by atoms with E-state index in [1.54, 1.807) is 0 Å². The van der Waals surface area contributed by atoms with Crippen molar-refractivity contribution >= 4 is 11.8 Å². The third-order valence-corrected chi connectivity index (χ3v) is 3.82. The Hall–Kier alpha value is -1.10. The highest BCUT2D eigenvalue weighted by atomic mass is 16.5. The van der Waals surface area contributed by atoms with Crippen LogP contribution in [0.2, 0.25) is 0 Å². The summed E-state index contributed by atoms with van der Waals surface area (Å²) in [5, 5.41) is 3.10. The number of hydrogen-bond acceptors (Lipinski definition) is 3. The standard InChI is InChI=1S/C14H26N2O3/c1-4-11(5-2)14(18)15-12-6-8-16(9-7-12)13(17)10-19-3/h11-12H,4-10H2,1-3H3,(H,15,18). The fourth-order valence-electron chi connectivity index (χ4n) is 2.47. The van der Waals surface area contributed by atoms with Crippen molar-refractivity contribution in [3.8, 4) is 0 Å². The molecule has 1 aliphatic heterocycles. The van der Waals surface area contributed by atoms with Crippen molar-refractivity contribution in [2.45, 2.75) is 45.6 Å². The molecule has 1 aliphatic rings. The molecule has 5 nitrogen and oxygen atoms in total. The SMILES string of the molecule is CCC(CC)C(=O)NC1CCN(C(=O)COC)CC1. The number of rotatable bonds is 6. The minimum Gasteiger partial charge on any atom is -0.375 e. The molecule has 1 heterocycles. The van der Waals surface area contributed by atoms with Crippen LogP contribution >= 0.6 is 0 Å². The molecule has 0 saturated carbocycles. The van der Waals surface area contributed by atoms with Gasteiger partial charge in [-0.15, -0.1) is 0 Å². The van der Waals surface area contributed by atoms with Gasteiger partial charge in [-0.3, -0.25) is 9.59 Å². The molecule has 0 unspecified atom stereocenters. The number of amides is 2. The fraction of sp³-hybridized carbons (Fsp3) is 0.857. The molecule has 0 aromatic heterocycles. The predicted molar refractivity (Wildman–Crippen MR) is 73.7 cm³/mol. The van der Waals surface area contributed by atoms with E-state index in [1.165, 1.54) is 7.11 Å². The molecule has 0 atom stereocenters. The molecular weight excluding hydrogens is 244 g/mol. The highest BCUT2D eigenvalue weighted by Crippen LogP contribution is 2.13. The van der Waals surface area contributed by atoms with Gasteiger partial charge < -0.3 is 15.0 Å². The van der Waals surface area contributed by atoms with Crippen LogP contribution in [0.1, 0.15) is 39.5 Å². The molecule has 5 heteroatoms. The lowest BCUT2D eigenvalue weighted by atomic mass is 10.00. The Kier molecular flexibility index (Phi) is 6.84. The Morgan fingerprint density at radius 1 is 1.26 bits per heavy atom. The molecular formula is C14H26N2O3. The van der Waals surface area contributed by atoms with Gasteiger partial charge in [0.1, 0.15) is 6.61 Å². The highest BCUT2D eigenvalue weighted by Gasteiger charge is 2.25. The topological polar surface area (TPSA) is 58.6 Å². The fourth-order valence-corrected chi connectivity index (χ4v) is 2.47. The number of likely N-dealkylation sites (tertiary alicyclic amines) is 1. The first kappa shape index (κ1) is 16.0. The van der Waals surface area contributed by atoms with Gasteiger partial charge in [0, 0.05) is 32.2 Å². The van der Waals surface area contributed by atoms with Gasteiger partial charge in [-0.05, 0) is 25.7 Å². The lowest BCUT2D eigenvalue weighted by Gasteiger charge is -2.33. The number of methoxy groups -OCH3 is 1. The summed E-state index contributed by atoms with van der Waals surface area (Å²) in [6, 6.07) is 0.208. The van der Waals surface area contributed by atoms with E-state index in [1.807, 2.05) is 18.7 Å². The van der Waals surface area contributed by atoms with Gasteiger partial charge in [0.15, 0.2) is 0 Å². The number of piperidine rings is 1. The van der Waals surface area contributed by atoms with Crippen LogP contribution in [-0.2, 0) is 14.3 Å². The first-order valence-electron chi connectivity index (χ1n) is 7.19. The van der Waals surface area contributed by atoms with Crippen molar-refractivity contribution in [3.05, 3.63) is 0 Å². The Bertz CT molecular complexity index is 295. The molecule has 1 saturated heterocycles. The zero-order valence-electron chi connectivity index (χ0n) is 12.3. The zero-order chi connectivity index (χ0) is 14.3. The molecule has 0 aliphatic carbocycles. The number of nitrogens with zero attached hydrogens (tertiary/aromatic N) is 1. The molecule has 1 rings (SSSR count). The third kappa shape index (κ3) is 4.82. The Labute approximate surface area is 115 Å². The van der Waals surface area contributed by atoms with Crippen molar-refractivity contribution < 1.29 is 14.3 Å². The van der Waals surface area contributed by atoms with Crippen LogP contribution in [0.5, 0.6) is 0 Å². The maximum absolute atomic E-state index is 12.0. The summed E-state index contributed by atoms with van der Waals surface area (Å²) in [6.45, 7) is 5.64. The summed E-state index contributed by atoms with van der Waals surface area (Å²) < 4.78 is 4.85. The molecule has 1 N–H and O–H groups in total. The smallest absolute Gasteiger partial charge is 0.248 e. The number of carbonyl (C=O) groups is 2. The van der Waals surface area contributed by atoms with E-state index in [2.05, 4.69) is 5.32 Å². The van der Waals surface area contributed by atoms with Crippen LogP contribution < -0.4 is 5.32 Å². The monoisotopic (exact) mass is 270 g/mol. The molecule has 1 fully saturated rings. The second-order valence-electron chi connectivity index (χ2n) is 5.11. The van der Waals surface area contributed by atoms with Crippen LogP contribution in [0.4, 0.5) is 0 Å². The van der Waals surface area contributed by atoms with Gasteiger partial charge >= 0.3 is 0 Å². The quantitative estimate of drug-likeness (QED) is 0.788. The molecule has 110 valence electrons. The Morgan fingerprint density at radius 2 is 1.84 bits per heavy atom. The number of hydrogen-bond donors (Lipinski definition) is 1. The van der Waals surface area contributed by atoms with Crippen molar-refractivity contribution in [1.29, 1.82) is 0 Å². The third-order valence-electron chi connectivity index (χ3n) is 3.82. The second-order valence-corrected chi connectivity index (χ2v) is 5.11. The minimum atomic E-state index is 0.0345. The second kappa shape index (κ2) is 8.15. The Balaban J connectivity index is 2.34. The van der Waals surface area contributed by atoms with E-state index in [0.717, 1.165) is 25.7 Å². The van der Waals surface area contributed by atoms with Crippen molar-refractivity contribution in [3.63, 3.8) is 0 Å². The first-order chi connectivity index (χ1) is 9.12. The summed E-state index contributed by atoms with van der Waals surface area (Å²) in [7, 11) is 1.53. The average Bonchev–Trinajstić information content (AvgIpc) is 2.41. The van der Waals surface area contributed by atoms with Gasteiger partial charge in [-0.2, -0.15) is 0 Å². The lowest BCUT2D eigenvalue weighted by molar-refractivity contribution is -0.136. The van der Waals surface area contributed by atoms with Crippen LogP contribution in [0, 0.1) is 5.92 Å². The van der Waals surface area contributed by atoms with E-state index in [0.29, 0.717) is 13.1 Å². The van der Waals surface area contributed by atoms with E-state index in [9.17, 15) is 9.59 Å². The van der Waals surface area contributed by atoms with Crippen molar-refractivity contribution in [2.75, 3.05) is 26.8 Å². The van der Waals surface area contributed by atoms with Crippen LogP contribution in [0.15, 0.2) is 0 Å². The van der Waals surface area contributed by atoms with Crippen molar-refractivity contribution in [1.82, 2.24) is 10.2 Å². The summed E-state index contributed by atoms with van der Waals surface area (Å²) >= 11 is 0. The molecule has 0 spiro atoms. The van der Waals surface area contributed by atoms with Gasteiger partial charge in [0.05, 0.1) is 0 Å². The van der Waals surface area contributed by atoms with Crippen LogP contribution in [0.3, 0.4) is 0 Å². The molecule has 0 aromatic carbocycles. The van der Waals surface area contributed by atoms with E-state index in [4.69, 9.17) is 4.74 Å². The van der Waals surface area contributed by atoms with Crippen LogP contribution in [0.25, 0.3) is 0 Å². The first-order valence-corrected chi connectivity index (χ1v) is 7.19. The highest BCUT2D eigenvalue weighted by molar-refractivity contribution is 5.79. The van der Waals surface area contributed by atoms with Gasteiger partial charge in [0.25, 0.3) is 0 Å². The lowest BCUT2D eigenvalue weighted by Crippen LogP contribution is -2.48. The van der Waals surface area contributed by atoms with Gasteiger partial charge in [-0.25, -0.2) is 0 Å². The molecule has 0 radical (unpaired) electrons. The van der Waals surface area contributed by atoms with Gasteiger partial charge in [-0.1, -0.05) is 13.8 Å². The summed E-state index contributed by atoms with van der Waals surface area (Å²) in [6.07, 6.45) is 3.43. The minimum absolute atomic E-state index is 0.0345. The molecule has 2 amide bonds. The summed E-state index contributed by atoms with van der Waals surface area (Å²) in [4.78, 5) is 25.4. The number of carbonyl (C=O) groups excluding carboxylic acids is 2. The maximum atomic E-state index is 12.0. The van der Waals surface area contributed by atoms with Crippen LogP contribution in [-0.4, -0.2) is 49.6 Å². The molecule has 0 aromatic rings.